The van der Waals surface area contributed by atoms with E-state index in [1.54, 1.807) is 6.26 Å². The molecular formula is C11H13BrO3. The number of halogens is 1. The molecule has 0 amide bonds. The maximum Gasteiger partial charge on any atom is 0.169 e. The van der Waals surface area contributed by atoms with Crippen molar-refractivity contribution in [2.45, 2.75) is 25.9 Å². The normalized spacial score (nSPS) is 25.7. The molecule has 0 aliphatic carbocycles. The van der Waals surface area contributed by atoms with Crippen molar-refractivity contribution >= 4 is 21.7 Å². The Balaban J connectivity index is 1.97. The Morgan fingerprint density at radius 2 is 2.47 bits per heavy atom. The molecule has 0 spiro atoms. The van der Waals surface area contributed by atoms with Crippen LogP contribution in [0.2, 0.25) is 0 Å². The summed E-state index contributed by atoms with van der Waals surface area (Å²) in [5.41, 5.74) is 0.922. The first kappa shape index (κ1) is 10.9. The van der Waals surface area contributed by atoms with Crippen LogP contribution in [0.25, 0.3) is 0 Å². The fraction of sp³-hybridized carbons (Fsp3) is 0.545. The van der Waals surface area contributed by atoms with Crippen molar-refractivity contribution in [3.8, 4) is 0 Å². The lowest BCUT2D eigenvalue weighted by atomic mass is 9.94. The minimum absolute atomic E-state index is 0.0543. The Bertz CT molecular complexity index is 358. The van der Waals surface area contributed by atoms with Crippen molar-refractivity contribution in [3.05, 3.63) is 22.6 Å². The summed E-state index contributed by atoms with van der Waals surface area (Å²) in [6, 6.07) is 1.83. The van der Waals surface area contributed by atoms with E-state index >= 15 is 0 Å². The van der Waals surface area contributed by atoms with Gasteiger partial charge in [0.25, 0.3) is 0 Å². The second kappa shape index (κ2) is 4.49. The molecule has 0 bridgehead atoms. The topological polar surface area (TPSA) is 39.4 Å². The summed E-state index contributed by atoms with van der Waals surface area (Å²) >= 11 is 3.21. The van der Waals surface area contributed by atoms with E-state index in [0.29, 0.717) is 17.7 Å². The van der Waals surface area contributed by atoms with Gasteiger partial charge in [-0.1, -0.05) is 0 Å². The van der Waals surface area contributed by atoms with E-state index in [1.165, 1.54) is 0 Å². The van der Waals surface area contributed by atoms with Gasteiger partial charge in [-0.05, 0) is 40.9 Å². The van der Waals surface area contributed by atoms with Crippen LogP contribution < -0.4 is 0 Å². The van der Waals surface area contributed by atoms with E-state index in [2.05, 4.69) is 15.9 Å². The summed E-state index contributed by atoms with van der Waals surface area (Å²) < 4.78 is 11.1. The van der Waals surface area contributed by atoms with Gasteiger partial charge >= 0.3 is 0 Å². The Hall–Kier alpha value is -0.610. The molecule has 1 aliphatic rings. The van der Waals surface area contributed by atoms with E-state index < -0.39 is 0 Å². The molecule has 3 nitrogen and oxygen atoms in total. The minimum atomic E-state index is 0.0543. The van der Waals surface area contributed by atoms with Crippen molar-refractivity contribution in [1.82, 2.24) is 0 Å². The molecule has 0 saturated carbocycles. The average molecular weight is 273 g/mol. The van der Waals surface area contributed by atoms with Crippen LogP contribution in [0, 0.1) is 5.92 Å². The highest BCUT2D eigenvalue weighted by Crippen LogP contribution is 2.23. The molecular weight excluding hydrogens is 260 g/mol. The first-order valence-corrected chi connectivity index (χ1v) is 5.83. The van der Waals surface area contributed by atoms with E-state index in [0.717, 1.165) is 12.0 Å². The van der Waals surface area contributed by atoms with Crippen LogP contribution in [0.4, 0.5) is 0 Å². The molecule has 1 aromatic heterocycles. The minimum Gasteiger partial charge on any atom is -0.457 e. The fourth-order valence-electron chi connectivity index (χ4n) is 1.93. The van der Waals surface area contributed by atoms with Gasteiger partial charge in [-0.25, -0.2) is 0 Å². The van der Waals surface area contributed by atoms with Gasteiger partial charge in [-0.3, -0.25) is 4.79 Å². The summed E-state index contributed by atoms with van der Waals surface area (Å²) in [5.74, 6) is 0.298. The molecule has 0 aromatic carbocycles. The lowest BCUT2D eigenvalue weighted by Gasteiger charge is -2.11. The molecule has 1 aromatic rings. The van der Waals surface area contributed by atoms with Gasteiger partial charge in [0.1, 0.15) is 5.78 Å². The highest BCUT2D eigenvalue weighted by molar-refractivity contribution is 9.10. The molecule has 0 radical (unpaired) electrons. The lowest BCUT2D eigenvalue weighted by Crippen LogP contribution is -2.23. The summed E-state index contributed by atoms with van der Waals surface area (Å²) in [6.45, 7) is 2.66. The van der Waals surface area contributed by atoms with Crippen LogP contribution in [0.1, 0.15) is 18.9 Å². The fourth-order valence-corrected chi connectivity index (χ4v) is 2.31. The monoisotopic (exact) mass is 272 g/mol. The molecule has 82 valence electrons. The second-order valence-electron chi connectivity index (χ2n) is 3.87. The van der Waals surface area contributed by atoms with Gasteiger partial charge in [-0.15, -0.1) is 0 Å². The first-order valence-electron chi connectivity index (χ1n) is 5.04. The number of Topliss-reactive ketones (excluding diaryl/α,β-unsaturated/α-hetero) is 1. The number of hydrogen-bond donors (Lipinski definition) is 0. The number of carbonyl (C=O) groups excluding carboxylic acids is 1. The van der Waals surface area contributed by atoms with Crippen LogP contribution in [-0.4, -0.2) is 18.5 Å². The van der Waals surface area contributed by atoms with Gasteiger partial charge in [-0.2, -0.15) is 0 Å². The van der Waals surface area contributed by atoms with E-state index in [-0.39, 0.29) is 17.8 Å². The zero-order valence-corrected chi connectivity index (χ0v) is 10.1. The van der Waals surface area contributed by atoms with Crippen molar-refractivity contribution < 1.29 is 13.9 Å². The average Bonchev–Trinajstić information content (AvgIpc) is 2.75. The molecule has 15 heavy (non-hydrogen) atoms. The summed E-state index contributed by atoms with van der Waals surface area (Å²) in [5, 5.41) is 0. The van der Waals surface area contributed by atoms with Crippen LogP contribution in [-0.2, 0) is 16.0 Å². The third-order valence-electron chi connectivity index (χ3n) is 2.79. The van der Waals surface area contributed by atoms with Crippen LogP contribution in [0.15, 0.2) is 21.4 Å². The highest BCUT2D eigenvalue weighted by atomic mass is 79.9. The quantitative estimate of drug-likeness (QED) is 0.849. The Labute approximate surface area is 96.9 Å². The number of carbonyl (C=O) groups is 1. The summed E-state index contributed by atoms with van der Waals surface area (Å²) in [6.07, 6.45) is 2.96. The van der Waals surface area contributed by atoms with Crippen LogP contribution in [0.3, 0.4) is 0 Å². The molecule has 1 aliphatic heterocycles. The number of ketones is 1. The second-order valence-corrected chi connectivity index (χ2v) is 4.65. The van der Waals surface area contributed by atoms with Crippen molar-refractivity contribution in [2.24, 2.45) is 5.92 Å². The summed E-state index contributed by atoms with van der Waals surface area (Å²) in [4.78, 5) is 11.9. The zero-order chi connectivity index (χ0) is 10.8. The number of rotatable bonds is 3. The van der Waals surface area contributed by atoms with Crippen molar-refractivity contribution in [1.29, 1.82) is 0 Å². The van der Waals surface area contributed by atoms with Gasteiger partial charge in [0, 0.05) is 18.9 Å². The maximum atomic E-state index is 11.9. The molecule has 1 fully saturated rings. The van der Waals surface area contributed by atoms with Crippen LogP contribution >= 0.6 is 15.9 Å². The third-order valence-corrected chi connectivity index (χ3v) is 3.21. The highest BCUT2D eigenvalue weighted by Gasteiger charge is 2.30. The van der Waals surface area contributed by atoms with Crippen molar-refractivity contribution in [2.75, 3.05) is 6.61 Å². The van der Waals surface area contributed by atoms with Gasteiger partial charge < -0.3 is 9.15 Å². The van der Waals surface area contributed by atoms with Gasteiger partial charge in [0.2, 0.25) is 0 Å². The summed E-state index contributed by atoms with van der Waals surface area (Å²) in [7, 11) is 0. The van der Waals surface area contributed by atoms with Gasteiger partial charge in [0.05, 0.1) is 12.4 Å². The molecule has 2 unspecified atom stereocenters. The standard InChI is InChI=1S/C11H13BrO3/c1-7-9(2-3-14-7)10(13)4-8-5-11(12)15-6-8/h5-7,9H,2-4H2,1H3. The predicted molar refractivity (Wildman–Crippen MR) is 58.6 cm³/mol. The number of furan rings is 1. The van der Waals surface area contributed by atoms with Crippen molar-refractivity contribution in [3.63, 3.8) is 0 Å². The van der Waals surface area contributed by atoms with E-state index in [9.17, 15) is 4.79 Å². The van der Waals surface area contributed by atoms with E-state index in [1.807, 2.05) is 13.0 Å². The first-order chi connectivity index (χ1) is 7.16. The SMILES string of the molecule is CC1OCCC1C(=O)Cc1coc(Br)c1. The molecule has 4 heteroatoms. The van der Waals surface area contributed by atoms with Crippen LogP contribution in [0.5, 0.6) is 0 Å². The zero-order valence-electron chi connectivity index (χ0n) is 8.53. The molecule has 2 atom stereocenters. The lowest BCUT2D eigenvalue weighted by molar-refractivity contribution is -0.123. The van der Waals surface area contributed by atoms with Gasteiger partial charge in [0.15, 0.2) is 4.67 Å². The number of ether oxygens (including phenoxy) is 1. The third kappa shape index (κ3) is 2.49. The molecule has 2 heterocycles. The molecule has 2 rings (SSSR count). The number of hydrogen-bond acceptors (Lipinski definition) is 3. The Morgan fingerprint density at radius 3 is 3.00 bits per heavy atom. The smallest absolute Gasteiger partial charge is 0.169 e. The Morgan fingerprint density at radius 1 is 1.67 bits per heavy atom. The largest absolute Gasteiger partial charge is 0.457 e. The molecule has 0 N–H and O–H groups in total. The molecule has 1 saturated heterocycles. The van der Waals surface area contributed by atoms with E-state index in [4.69, 9.17) is 9.15 Å². The maximum absolute atomic E-state index is 11.9. The predicted octanol–water partition coefficient (Wildman–Crippen LogP) is 2.58. The Kier molecular flexibility index (Phi) is 3.26.